The maximum atomic E-state index is 6.45. The van der Waals surface area contributed by atoms with Crippen LogP contribution >= 0.6 is 11.6 Å². The van der Waals surface area contributed by atoms with Gasteiger partial charge in [0.25, 0.3) is 0 Å². The van der Waals surface area contributed by atoms with E-state index in [0.717, 1.165) is 33.9 Å². The molecule has 1 aromatic heterocycles. The topological polar surface area (TPSA) is 35.3 Å². The van der Waals surface area contributed by atoms with Gasteiger partial charge in [-0.15, -0.1) is 0 Å². The van der Waals surface area contributed by atoms with E-state index in [1.54, 1.807) is 0 Å². The number of rotatable bonds is 2. The van der Waals surface area contributed by atoms with Gasteiger partial charge in [-0.3, -0.25) is 0 Å². The van der Waals surface area contributed by atoms with Gasteiger partial charge in [0.15, 0.2) is 5.89 Å². The highest BCUT2D eigenvalue weighted by molar-refractivity contribution is 6.32. The number of aryl methyl sites for hydroxylation is 1. The van der Waals surface area contributed by atoms with E-state index in [2.05, 4.69) is 11.1 Å². The zero-order chi connectivity index (χ0) is 18.4. The number of oxazole rings is 1. The highest BCUT2D eigenvalue weighted by Gasteiger charge is 2.34. The van der Waals surface area contributed by atoms with Gasteiger partial charge >= 0.3 is 0 Å². The summed E-state index contributed by atoms with van der Waals surface area (Å²) in [7, 11) is 0. The molecule has 4 aromatic rings. The number of fused-ring (bicyclic) bond motifs is 2. The van der Waals surface area contributed by atoms with Crippen molar-refractivity contribution in [2.24, 2.45) is 0 Å². The number of hydrogen-bond donors (Lipinski definition) is 0. The normalized spacial score (nSPS) is 15.0. The van der Waals surface area contributed by atoms with Crippen molar-refractivity contribution in [3.8, 4) is 22.8 Å². The standard InChI is InChI=1S/C23H16ClNO2/c1-14-25-21(15-8-3-2-4-9-15)23(26-14)20-16-10-5-6-13-19(16)27-22-17(20)11-7-12-18(22)24/h2-13,20H,1H3. The first-order chi connectivity index (χ1) is 13.2. The van der Waals surface area contributed by atoms with Gasteiger partial charge in [-0.25, -0.2) is 4.98 Å². The molecule has 0 saturated carbocycles. The third-order valence-electron chi connectivity index (χ3n) is 4.82. The van der Waals surface area contributed by atoms with Crippen LogP contribution in [0.4, 0.5) is 0 Å². The van der Waals surface area contributed by atoms with Crippen LogP contribution in [0, 0.1) is 6.92 Å². The highest BCUT2D eigenvalue weighted by atomic mass is 35.5. The first-order valence-electron chi connectivity index (χ1n) is 8.80. The lowest BCUT2D eigenvalue weighted by Crippen LogP contribution is -2.12. The van der Waals surface area contributed by atoms with Crippen molar-refractivity contribution >= 4 is 11.6 Å². The van der Waals surface area contributed by atoms with Crippen LogP contribution in [0.25, 0.3) is 11.3 Å². The molecule has 2 heterocycles. The third kappa shape index (κ3) is 2.63. The summed E-state index contributed by atoms with van der Waals surface area (Å²) in [6, 6.07) is 23.9. The molecule has 27 heavy (non-hydrogen) atoms. The van der Waals surface area contributed by atoms with Crippen molar-refractivity contribution in [2.75, 3.05) is 0 Å². The zero-order valence-corrected chi connectivity index (χ0v) is 15.4. The Morgan fingerprint density at radius 3 is 2.44 bits per heavy atom. The van der Waals surface area contributed by atoms with E-state index in [1.165, 1.54) is 0 Å². The highest BCUT2D eigenvalue weighted by Crippen LogP contribution is 2.51. The molecule has 4 heteroatoms. The predicted octanol–water partition coefficient (Wildman–Crippen LogP) is 6.59. The lowest BCUT2D eigenvalue weighted by atomic mass is 9.84. The lowest BCUT2D eigenvalue weighted by Gasteiger charge is -2.28. The van der Waals surface area contributed by atoms with Gasteiger partial charge in [-0.1, -0.05) is 72.3 Å². The molecule has 0 amide bonds. The fourth-order valence-corrected chi connectivity index (χ4v) is 3.89. The number of ether oxygens (including phenoxy) is 1. The van der Waals surface area contributed by atoms with E-state index >= 15 is 0 Å². The molecule has 1 aliphatic rings. The van der Waals surface area contributed by atoms with E-state index < -0.39 is 0 Å². The fourth-order valence-electron chi connectivity index (χ4n) is 3.67. The van der Waals surface area contributed by atoms with Crippen LogP contribution in [-0.2, 0) is 0 Å². The summed E-state index contributed by atoms with van der Waals surface area (Å²) in [6.45, 7) is 1.88. The summed E-state index contributed by atoms with van der Waals surface area (Å²) >= 11 is 6.45. The summed E-state index contributed by atoms with van der Waals surface area (Å²) in [6.07, 6.45) is 0. The SMILES string of the molecule is Cc1nc(-c2ccccc2)c(C2c3ccccc3Oc3c(Cl)cccc32)o1. The molecule has 0 saturated heterocycles. The maximum Gasteiger partial charge on any atom is 0.191 e. The molecule has 0 radical (unpaired) electrons. The minimum Gasteiger partial charge on any atom is -0.455 e. The van der Waals surface area contributed by atoms with E-state index in [9.17, 15) is 0 Å². The van der Waals surface area contributed by atoms with Gasteiger partial charge in [0, 0.05) is 23.6 Å². The Kier molecular flexibility index (Phi) is 3.76. The van der Waals surface area contributed by atoms with Crippen molar-refractivity contribution in [3.05, 3.63) is 101 Å². The third-order valence-corrected chi connectivity index (χ3v) is 5.12. The number of benzene rings is 3. The van der Waals surface area contributed by atoms with Gasteiger partial charge in [-0.2, -0.15) is 0 Å². The minimum absolute atomic E-state index is 0.139. The minimum atomic E-state index is -0.139. The summed E-state index contributed by atoms with van der Waals surface area (Å²) < 4.78 is 12.3. The summed E-state index contributed by atoms with van der Waals surface area (Å²) in [4.78, 5) is 4.68. The molecule has 0 spiro atoms. The van der Waals surface area contributed by atoms with Gasteiger partial charge in [0.1, 0.15) is 23.0 Å². The second-order valence-corrected chi connectivity index (χ2v) is 6.95. The fraction of sp³-hybridized carbons (Fsp3) is 0.0870. The lowest BCUT2D eigenvalue weighted by molar-refractivity contribution is 0.425. The van der Waals surface area contributed by atoms with Crippen molar-refractivity contribution in [1.29, 1.82) is 0 Å². The van der Waals surface area contributed by atoms with Crippen LogP contribution in [0.5, 0.6) is 11.5 Å². The van der Waals surface area contributed by atoms with Crippen molar-refractivity contribution in [3.63, 3.8) is 0 Å². The molecule has 1 aliphatic heterocycles. The molecule has 1 atom stereocenters. The first-order valence-corrected chi connectivity index (χ1v) is 9.18. The smallest absolute Gasteiger partial charge is 0.191 e. The number of para-hydroxylation sites is 2. The van der Waals surface area contributed by atoms with E-state index in [1.807, 2.05) is 73.7 Å². The molecular weight excluding hydrogens is 358 g/mol. The number of halogens is 1. The van der Waals surface area contributed by atoms with E-state index in [4.69, 9.17) is 20.8 Å². The van der Waals surface area contributed by atoms with Crippen LogP contribution in [0.3, 0.4) is 0 Å². The Balaban J connectivity index is 1.79. The van der Waals surface area contributed by atoms with Crippen LogP contribution in [0.2, 0.25) is 5.02 Å². The Bertz CT molecular complexity index is 1130. The quantitative estimate of drug-likeness (QED) is 0.350. The molecule has 0 aliphatic carbocycles. The molecule has 1 unspecified atom stereocenters. The summed E-state index contributed by atoms with van der Waals surface area (Å²) in [5.74, 6) is 2.77. The van der Waals surface area contributed by atoms with Gasteiger partial charge in [0.05, 0.1) is 10.9 Å². The summed E-state index contributed by atoms with van der Waals surface area (Å²) in [5.41, 5.74) is 3.90. The Morgan fingerprint density at radius 1 is 0.852 bits per heavy atom. The van der Waals surface area contributed by atoms with Crippen LogP contribution in [0.1, 0.15) is 28.7 Å². The molecule has 3 nitrogen and oxygen atoms in total. The average molecular weight is 374 g/mol. The van der Waals surface area contributed by atoms with E-state index in [-0.39, 0.29) is 5.92 Å². The van der Waals surface area contributed by atoms with Gasteiger partial charge in [-0.05, 0) is 12.1 Å². The number of nitrogens with zero attached hydrogens (tertiary/aromatic N) is 1. The largest absolute Gasteiger partial charge is 0.455 e. The number of aromatic nitrogens is 1. The Labute approximate surface area is 162 Å². The first kappa shape index (κ1) is 16.2. The molecule has 0 fully saturated rings. The maximum absolute atomic E-state index is 6.45. The molecule has 3 aromatic carbocycles. The second-order valence-electron chi connectivity index (χ2n) is 6.54. The van der Waals surface area contributed by atoms with Gasteiger partial charge < -0.3 is 9.15 Å². The molecule has 0 bridgehead atoms. The van der Waals surface area contributed by atoms with Crippen molar-refractivity contribution < 1.29 is 9.15 Å². The number of hydrogen-bond acceptors (Lipinski definition) is 3. The van der Waals surface area contributed by atoms with E-state index in [0.29, 0.717) is 16.7 Å². The molecular formula is C23H16ClNO2. The molecule has 132 valence electrons. The molecule has 0 N–H and O–H groups in total. The average Bonchev–Trinajstić information content (AvgIpc) is 3.09. The van der Waals surface area contributed by atoms with Gasteiger partial charge in [0.2, 0.25) is 0 Å². The predicted molar refractivity (Wildman–Crippen MR) is 106 cm³/mol. The summed E-state index contributed by atoms with van der Waals surface area (Å²) in [5, 5.41) is 0.588. The van der Waals surface area contributed by atoms with Crippen LogP contribution in [-0.4, -0.2) is 4.98 Å². The van der Waals surface area contributed by atoms with Crippen molar-refractivity contribution in [1.82, 2.24) is 4.98 Å². The monoisotopic (exact) mass is 373 g/mol. The van der Waals surface area contributed by atoms with Crippen molar-refractivity contribution in [2.45, 2.75) is 12.8 Å². The van der Waals surface area contributed by atoms with Crippen LogP contribution in [0.15, 0.2) is 77.2 Å². The molecule has 5 rings (SSSR count). The zero-order valence-electron chi connectivity index (χ0n) is 14.6. The van der Waals surface area contributed by atoms with Crippen LogP contribution < -0.4 is 4.74 Å². The Hall–Kier alpha value is -3.04. The second kappa shape index (κ2) is 6.29. The Morgan fingerprint density at radius 2 is 1.59 bits per heavy atom.